The average molecular weight is 381 g/mol. The summed E-state index contributed by atoms with van der Waals surface area (Å²) in [4.78, 5) is 33.8. The zero-order valence-corrected chi connectivity index (χ0v) is 14.1. The molecule has 0 spiro atoms. The third-order valence-corrected chi connectivity index (χ3v) is 5.71. The van der Waals surface area contributed by atoms with Gasteiger partial charge in [0, 0.05) is 11.4 Å². The first-order chi connectivity index (χ1) is 11.8. The molecule has 130 valence electrons. The van der Waals surface area contributed by atoms with Crippen LogP contribution < -0.4 is 21.3 Å². The number of carbonyl (C=O) groups is 1. The van der Waals surface area contributed by atoms with E-state index in [1.54, 1.807) is 18.2 Å². The maximum atomic E-state index is 12.2. The highest BCUT2D eigenvalue weighted by Crippen LogP contribution is 2.28. The fourth-order valence-electron chi connectivity index (χ4n) is 1.96. The SMILES string of the molecule is O=C(O)c1cc(CNS(=O)(=O)c2ccccc2)sc1Nn1c(=O)c1=O. The van der Waals surface area contributed by atoms with Gasteiger partial charge in [0.2, 0.25) is 10.0 Å². The van der Waals surface area contributed by atoms with E-state index in [1.807, 2.05) is 0 Å². The Bertz CT molecular complexity index is 1080. The van der Waals surface area contributed by atoms with Crippen LogP contribution in [0, 0.1) is 0 Å². The lowest BCUT2D eigenvalue weighted by molar-refractivity contribution is 0.0698. The highest BCUT2D eigenvalue weighted by molar-refractivity contribution is 7.89. The Balaban J connectivity index is 1.79. The minimum atomic E-state index is -3.74. The van der Waals surface area contributed by atoms with E-state index in [1.165, 1.54) is 18.2 Å². The van der Waals surface area contributed by atoms with Crippen LogP contribution in [0.3, 0.4) is 0 Å². The van der Waals surface area contributed by atoms with Crippen LogP contribution in [0.25, 0.3) is 0 Å². The summed E-state index contributed by atoms with van der Waals surface area (Å²) in [6.07, 6.45) is 0. The van der Waals surface area contributed by atoms with Gasteiger partial charge in [0.15, 0.2) is 0 Å². The predicted molar refractivity (Wildman–Crippen MR) is 90.1 cm³/mol. The zero-order valence-electron chi connectivity index (χ0n) is 12.4. The third-order valence-electron chi connectivity index (χ3n) is 3.26. The van der Waals surface area contributed by atoms with Gasteiger partial charge in [0.25, 0.3) is 0 Å². The van der Waals surface area contributed by atoms with Crippen molar-refractivity contribution in [1.29, 1.82) is 0 Å². The fourth-order valence-corrected chi connectivity index (χ4v) is 4.05. The number of aromatic carboxylic acids is 1. The zero-order chi connectivity index (χ0) is 18.2. The summed E-state index contributed by atoms with van der Waals surface area (Å²) in [6.45, 7) is -0.133. The topological polar surface area (TPSA) is 135 Å². The Morgan fingerprint density at radius 2 is 1.80 bits per heavy atom. The van der Waals surface area contributed by atoms with Crippen molar-refractivity contribution >= 4 is 32.3 Å². The number of carboxylic acids is 1. The van der Waals surface area contributed by atoms with Crippen LogP contribution in [0.4, 0.5) is 5.00 Å². The van der Waals surface area contributed by atoms with Gasteiger partial charge in [0.05, 0.1) is 10.5 Å². The number of rotatable bonds is 7. The summed E-state index contributed by atoms with van der Waals surface area (Å²) in [7, 11) is -3.74. The molecule has 0 fully saturated rings. The maximum Gasteiger partial charge on any atom is 0.340 e. The Morgan fingerprint density at radius 1 is 1.16 bits per heavy atom. The van der Waals surface area contributed by atoms with E-state index in [0.29, 0.717) is 9.55 Å². The molecule has 0 aliphatic rings. The van der Waals surface area contributed by atoms with Crippen LogP contribution in [0.15, 0.2) is 50.9 Å². The molecular weight excluding hydrogens is 370 g/mol. The summed E-state index contributed by atoms with van der Waals surface area (Å²) < 4.78 is 27.4. The maximum absolute atomic E-state index is 12.2. The third kappa shape index (κ3) is 3.52. The fraction of sp³-hybridized carbons (Fsp3) is 0.0714. The molecule has 0 bridgehead atoms. The first-order valence-electron chi connectivity index (χ1n) is 6.85. The van der Waals surface area contributed by atoms with E-state index < -0.39 is 27.1 Å². The van der Waals surface area contributed by atoms with Crippen molar-refractivity contribution in [2.75, 3.05) is 5.43 Å². The number of sulfonamides is 1. The number of hydrogen-bond acceptors (Lipinski definition) is 7. The van der Waals surface area contributed by atoms with Gasteiger partial charge in [-0.25, -0.2) is 17.9 Å². The molecule has 1 aromatic carbocycles. The minimum absolute atomic E-state index is 0.0700. The first kappa shape index (κ1) is 17.1. The number of carboxylic acid groups (broad SMARTS) is 1. The molecule has 0 aliphatic heterocycles. The molecule has 11 heteroatoms. The van der Waals surface area contributed by atoms with Crippen molar-refractivity contribution in [2.24, 2.45) is 0 Å². The van der Waals surface area contributed by atoms with E-state index in [4.69, 9.17) is 0 Å². The normalized spacial score (nSPS) is 11.7. The average Bonchev–Trinajstić information content (AvgIpc) is 2.99. The van der Waals surface area contributed by atoms with E-state index in [2.05, 4.69) is 10.1 Å². The number of aromatic nitrogens is 1. The molecule has 0 atom stereocenters. The van der Waals surface area contributed by atoms with Crippen LogP contribution >= 0.6 is 11.3 Å². The van der Waals surface area contributed by atoms with Crippen molar-refractivity contribution in [2.45, 2.75) is 11.4 Å². The van der Waals surface area contributed by atoms with Crippen LogP contribution in [-0.2, 0) is 16.6 Å². The molecule has 0 radical (unpaired) electrons. The first-order valence-corrected chi connectivity index (χ1v) is 9.15. The molecule has 3 N–H and O–H groups in total. The monoisotopic (exact) mass is 381 g/mol. The molecule has 2 heterocycles. The number of anilines is 1. The molecule has 3 aromatic rings. The summed E-state index contributed by atoms with van der Waals surface area (Å²) >= 11 is 0.931. The molecule has 0 aliphatic carbocycles. The highest BCUT2D eigenvalue weighted by Gasteiger charge is 2.22. The number of nitrogens with one attached hydrogen (secondary N) is 2. The van der Waals surface area contributed by atoms with Crippen LogP contribution in [0.2, 0.25) is 0 Å². The van der Waals surface area contributed by atoms with E-state index in [-0.39, 0.29) is 22.0 Å². The number of nitrogens with zero attached hydrogens (tertiary/aromatic N) is 1. The van der Waals surface area contributed by atoms with E-state index in [9.17, 15) is 27.9 Å². The summed E-state index contributed by atoms with van der Waals surface area (Å²) in [6, 6.07) is 9.01. The number of hydrogen-bond donors (Lipinski definition) is 3. The smallest absolute Gasteiger partial charge is 0.340 e. The lowest BCUT2D eigenvalue weighted by Gasteiger charge is -2.05. The second-order valence-electron chi connectivity index (χ2n) is 4.96. The quantitative estimate of drug-likeness (QED) is 0.498. The molecule has 9 nitrogen and oxygen atoms in total. The van der Waals surface area contributed by atoms with Crippen molar-refractivity contribution < 1.29 is 18.3 Å². The molecule has 25 heavy (non-hydrogen) atoms. The molecule has 0 unspecified atom stereocenters. The van der Waals surface area contributed by atoms with Crippen molar-refractivity contribution in [3.63, 3.8) is 0 Å². The molecular formula is C14H11N3O6S2. The van der Waals surface area contributed by atoms with E-state index in [0.717, 1.165) is 11.3 Å². The Kier molecular flexibility index (Phi) is 4.29. The van der Waals surface area contributed by atoms with Gasteiger partial charge in [0.1, 0.15) is 5.00 Å². The van der Waals surface area contributed by atoms with Gasteiger partial charge >= 0.3 is 17.1 Å². The highest BCUT2D eigenvalue weighted by atomic mass is 32.2. The van der Waals surface area contributed by atoms with Gasteiger partial charge in [-0.2, -0.15) is 4.68 Å². The van der Waals surface area contributed by atoms with Gasteiger partial charge in [-0.15, -0.1) is 11.3 Å². The second kappa shape index (κ2) is 6.27. The molecule has 2 aromatic heterocycles. The van der Waals surface area contributed by atoms with Gasteiger partial charge < -0.3 is 5.11 Å². The van der Waals surface area contributed by atoms with Crippen molar-refractivity contribution in [3.05, 3.63) is 67.5 Å². The largest absolute Gasteiger partial charge is 0.478 e. The van der Waals surface area contributed by atoms with Crippen molar-refractivity contribution in [3.8, 4) is 0 Å². The Hall–Kier alpha value is -2.76. The van der Waals surface area contributed by atoms with Crippen LogP contribution in [-0.4, -0.2) is 24.2 Å². The summed E-state index contributed by atoms with van der Waals surface area (Å²) in [5.74, 6) is -1.27. The number of thiophene rings is 1. The van der Waals surface area contributed by atoms with Crippen molar-refractivity contribution in [1.82, 2.24) is 9.40 Å². The standard InChI is InChI=1S/C14H11N3O6S2/c18-12-13(19)17(12)16-11-10(14(20)21)6-8(24-11)7-15-25(22,23)9-4-2-1-3-5-9/h1-6,15-16H,7H2,(H,20,21). The van der Waals surface area contributed by atoms with Crippen LogP contribution in [0.5, 0.6) is 0 Å². The summed E-state index contributed by atoms with van der Waals surface area (Å²) in [5.41, 5.74) is 0.713. The van der Waals surface area contributed by atoms with E-state index >= 15 is 0 Å². The minimum Gasteiger partial charge on any atom is -0.478 e. The predicted octanol–water partition coefficient (Wildman–Crippen LogP) is 0.198. The van der Waals surface area contributed by atoms with Gasteiger partial charge in [-0.1, -0.05) is 18.2 Å². The lowest BCUT2D eigenvalue weighted by atomic mass is 10.3. The molecule has 3 rings (SSSR count). The molecule has 0 amide bonds. The second-order valence-corrected chi connectivity index (χ2v) is 7.86. The van der Waals surface area contributed by atoms with Gasteiger partial charge in [-0.3, -0.25) is 15.0 Å². The molecule has 0 saturated heterocycles. The van der Waals surface area contributed by atoms with Crippen LogP contribution in [0.1, 0.15) is 15.2 Å². The lowest BCUT2D eigenvalue weighted by Crippen LogP contribution is -2.22. The Morgan fingerprint density at radius 3 is 2.36 bits per heavy atom. The van der Waals surface area contributed by atoms with Gasteiger partial charge in [-0.05, 0) is 18.2 Å². The summed E-state index contributed by atoms with van der Waals surface area (Å²) in [5, 5.41) is 9.26. The Labute approximate surface area is 144 Å². The number of benzene rings is 1. The molecule has 0 saturated carbocycles.